The summed E-state index contributed by atoms with van der Waals surface area (Å²) in [6, 6.07) is 34.8. The number of thiazole rings is 1. The Kier molecular flexibility index (Phi) is 12.2. The summed E-state index contributed by atoms with van der Waals surface area (Å²) in [5.41, 5.74) is 2.21. The summed E-state index contributed by atoms with van der Waals surface area (Å²) in [7, 11) is 1.33. The van der Waals surface area contributed by atoms with Crippen molar-refractivity contribution in [3.63, 3.8) is 0 Å². The Morgan fingerprint density at radius 2 is 1.51 bits per heavy atom. The molecule has 0 bridgehead atoms. The summed E-state index contributed by atoms with van der Waals surface area (Å²) >= 11 is 4.01. The van der Waals surface area contributed by atoms with E-state index in [0.29, 0.717) is 20.9 Å². The van der Waals surface area contributed by atoms with Crippen LogP contribution in [-0.4, -0.2) is 68.8 Å². The van der Waals surface area contributed by atoms with Crippen LogP contribution < -0.4 is 10.6 Å². The van der Waals surface area contributed by atoms with Crippen LogP contribution in [0.25, 0.3) is 0 Å². The molecule has 2 aliphatic rings. The molecule has 0 aliphatic carbocycles. The third-order valence-electron chi connectivity index (χ3n) is 9.49. The minimum atomic E-state index is -0.964. The predicted octanol–water partition coefficient (Wildman–Crippen LogP) is 7.69. The zero-order valence-electron chi connectivity index (χ0n) is 32.5. The molecule has 1 saturated heterocycles. The average Bonchev–Trinajstić information content (AvgIpc) is 3.70. The van der Waals surface area contributed by atoms with E-state index in [4.69, 9.17) is 14.6 Å². The number of hydrogen-bond acceptors (Lipinski definition) is 13. The molecule has 2 aliphatic heterocycles. The van der Waals surface area contributed by atoms with E-state index in [2.05, 4.69) is 52.2 Å². The molecule has 5 aromatic rings. The molecule has 0 spiro atoms. The van der Waals surface area contributed by atoms with Crippen LogP contribution in [-0.2, 0) is 35.2 Å². The van der Waals surface area contributed by atoms with Gasteiger partial charge in [0.2, 0.25) is 0 Å². The third kappa shape index (κ3) is 8.75. The molecule has 7 rings (SSSR count). The number of aromatic nitrogens is 1. The van der Waals surface area contributed by atoms with Gasteiger partial charge in [-0.1, -0.05) is 108 Å². The Morgan fingerprint density at radius 1 is 0.932 bits per heavy atom. The van der Waals surface area contributed by atoms with Crippen molar-refractivity contribution in [2.24, 2.45) is 5.16 Å². The smallest absolute Gasteiger partial charge is 0.357 e. The van der Waals surface area contributed by atoms with Crippen LogP contribution in [0.1, 0.15) is 48.7 Å². The van der Waals surface area contributed by atoms with Gasteiger partial charge in [-0.25, -0.2) is 9.78 Å². The number of esters is 1. The Morgan fingerprint density at radius 3 is 2.03 bits per heavy atom. The molecule has 2 amide bonds. The number of benzene rings is 4. The number of nitrogens with one attached hydrogen (secondary N) is 2. The van der Waals surface area contributed by atoms with Crippen LogP contribution in [0.5, 0.6) is 0 Å². The number of nitro benzene ring substituents is 1. The topological polar surface area (TPSA) is 165 Å². The summed E-state index contributed by atoms with van der Waals surface area (Å²) in [6.07, 6.45) is 0. The number of nitro groups is 1. The van der Waals surface area contributed by atoms with Gasteiger partial charge >= 0.3 is 5.97 Å². The maximum Gasteiger partial charge on any atom is 0.357 e. The van der Waals surface area contributed by atoms with E-state index >= 15 is 0 Å². The SMILES string of the molecule is CON=C(C(=O)NC1C(=O)N2C(C(=O)OC(C)(C)C)=C(SCc3ccc([N+](=O)[O-])cc3)SCC12)c1csc(NC(c2ccccc2)(c2ccccc2)c2ccccc2)n1. The van der Waals surface area contributed by atoms with E-state index in [-0.39, 0.29) is 22.8 Å². The number of carbonyl (C=O) groups is 3. The number of ether oxygens (including phenoxy) is 1. The highest BCUT2D eigenvalue weighted by atomic mass is 32.2. The molecule has 16 heteroatoms. The zero-order chi connectivity index (χ0) is 41.7. The Labute approximate surface area is 353 Å². The van der Waals surface area contributed by atoms with Gasteiger partial charge in [-0.05, 0) is 43.0 Å². The Balaban J connectivity index is 1.13. The van der Waals surface area contributed by atoms with Gasteiger partial charge < -0.3 is 20.2 Å². The van der Waals surface area contributed by atoms with E-state index in [0.717, 1.165) is 22.3 Å². The van der Waals surface area contributed by atoms with E-state index in [1.807, 2.05) is 54.6 Å². The van der Waals surface area contributed by atoms with Gasteiger partial charge in [0.25, 0.3) is 17.5 Å². The normalized spacial score (nSPS) is 16.8. The van der Waals surface area contributed by atoms with Crippen LogP contribution in [0.4, 0.5) is 10.8 Å². The third-order valence-corrected chi connectivity index (χ3v) is 12.9. The molecule has 2 N–H and O–H groups in total. The van der Waals surface area contributed by atoms with Crippen molar-refractivity contribution < 1.29 is 28.9 Å². The predicted molar refractivity (Wildman–Crippen MR) is 231 cm³/mol. The summed E-state index contributed by atoms with van der Waals surface area (Å²) in [4.78, 5) is 63.6. The molecule has 2 unspecified atom stereocenters. The highest BCUT2D eigenvalue weighted by molar-refractivity contribution is 8.22. The van der Waals surface area contributed by atoms with Crippen molar-refractivity contribution in [2.75, 3.05) is 18.2 Å². The van der Waals surface area contributed by atoms with Crippen LogP contribution in [0.3, 0.4) is 0 Å². The maximum absolute atomic E-state index is 14.0. The van der Waals surface area contributed by atoms with Crippen molar-refractivity contribution in [3.05, 3.63) is 169 Å². The molecule has 302 valence electrons. The van der Waals surface area contributed by atoms with E-state index in [1.165, 1.54) is 59.0 Å². The first-order chi connectivity index (χ1) is 28.4. The fourth-order valence-electron chi connectivity index (χ4n) is 6.84. The van der Waals surface area contributed by atoms with Gasteiger partial charge in [-0.3, -0.25) is 24.6 Å². The number of fused-ring (bicyclic) bond motifs is 1. The first-order valence-electron chi connectivity index (χ1n) is 18.5. The van der Waals surface area contributed by atoms with E-state index < -0.39 is 45.9 Å². The van der Waals surface area contributed by atoms with Gasteiger partial charge in [0, 0.05) is 29.0 Å². The van der Waals surface area contributed by atoms with Crippen molar-refractivity contribution in [2.45, 2.75) is 49.7 Å². The fraction of sp³-hybridized carbons (Fsp3) is 0.233. The lowest BCUT2D eigenvalue weighted by Crippen LogP contribution is -2.73. The molecule has 13 nitrogen and oxygen atoms in total. The summed E-state index contributed by atoms with van der Waals surface area (Å²) in [5.74, 6) is -1.04. The van der Waals surface area contributed by atoms with E-state index in [9.17, 15) is 24.5 Å². The molecule has 3 heterocycles. The second-order valence-electron chi connectivity index (χ2n) is 14.5. The van der Waals surface area contributed by atoms with Crippen LogP contribution >= 0.6 is 34.9 Å². The quantitative estimate of drug-likeness (QED) is 0.0281. The number of hydrogen-bond donors (Lipinski definition) is 2. The van der Waals surface area contributed by atoms with Gasteiger partial charge in [0.05, 0.1) is 15.2 Å². The number of non-ortho nitro benzene ring substituents is 1. The highest BCUT2D eigenvalue weighted by Crippen LogP contribution is 2.46. The van der Waals surface area contributed by atoms with Crippen molar-refractivity contribution in [3.8, 4) is 0 Å². The molecule has 1 aromatic heterocycles. The molecule has 2 atom stereocenters. The van der Waals surface area contributed by atoms with Gasteiger partial charge in [-0.2, -0.15) is 0 Å². The number of rotatable bonds is 14. The van der Waals surface area contributed by atoms with Crippen molar-refractivity contribution in [1.29, 1.82) is 0 Å². The summed E-state index contributed by atoms with van der Waals surface area (Å²) in [5, 5.41) is 23.9. The van der Waals surface area contributed by atoms with Gasteiger partial charge in [0.1, 0.15) is 30.0 Å². The molecular weight excluding hydrogens is 809 g/mol. The second kappa shape index (κ2) is 17.5. The minimum Gasteiger partial charge on any atom is -0.455 e. The average molecular weight is 849 g/mol. The lowest BCUT2D eigenvalue weighted by Gasteiger charge is -2.50. The molecule has 4 aromatic carbocycles. The number of amides is 2. The summed E-state index contributed by atoms with van der Waals surface area (Å²) < 4.78 is 6.32. The monoisotopic (exact) mass is 848 g/mol. The Bertz CT molecular complexity index is 2310. The van der Waals surface area contributed by atoms with Gasteiger partial charge in [0.15, 0.2) is 16.5 Å². The van der Waals surface area contributed by atoms with Crippen LogP contribution in [0.2, 0.25) is 0 Å². The first-order valence-corrected chi connectivity index (χ1v) is 21.4. The van der Waals surface area contributed by atoms with E-state index in [1.54, 1.807) is 38.3 Å². The molecule has 0 saturated carbocycles. The number of β-lactam (4-membered cyclic amide) rings is 1. The molecule has 59 heavy (non-hydrogen) atoms. The summed E-state index contributed by atoms with van der Waals surface area (Å²) in [6.45, 7) is 5.22. The number of thioether (sulfide) groups is 2. The minimum absolute atomic E-state index is 0.0247. The number of anilines is 1. The molecular formula is C43H40N6O7S3. The standard InChI is InChI=1S/C43H40N6O7S3/c1-42(2,3)56-39(52)36-40(57-24-27-20-22-31(23-21-27)49(53)54)58-26-33-35(38(51)48(33)36)45-37(50)34(47-55-4)32-25-59-41(44-32)46-43(28-14-8-5-9-15-28,29-16-10-6-11-17-29)30-18-12-7-13-19-30/h5-23,25,33,35H,24,26H2,1-4H3,(H,44,46)(H,45,50). The molecule has 1 fully saturated rings. The first kappa shape index (κ1) is 41.2. The Hall–Kier alpha value is -5.97. The lowest BCUT2D eigenvalue weighted by atomic mass is 9.77. The van der Waals surface area contributed by atoms with Crippen LogP contribution in [0.15, 0.2) is 136 Å². The van der Waals surface area contributed by atoms with Crippen LogP contribution in [0, 0.1) is 10.1 Å². The van der Waals surface area contributed by atoms with Crippen molar-refractivity contribution >= 4 is 69.2 Å². The number of oxime groups is 1. The highest BCUT2D eigenvalue weighted by Gasteiger charge is 2.55. The number of nitrogens with zero attached hydrogens (tertiary/aromatic N) is 4. The number of carbonyl (C=O) groups excluding carboxylic acids is 3. The van der Waals surface area contributed by atoms with Gasteiger partial charge in [-0.15, -0.1) is 34.9 Å². The van der Waals surface area contributed by atoms with Crippen molar-refractivity contribution in [1.82, 2.24) is 15.2 Å². The zero-order valence-corrected chi connectivity index (χ0v) is 34.9. The molecule has 0 radical (unpaired) electrons. The largest absolute Gasteiger partial charge is 0.455 e. The fourth-order valence-corrected chi connectivity index (χ4v) is 10.1. The lowest BCUT2D eigenvalue weighted by molar-refractivity contribution is -0.384. The second-order valence-corrected chi connectivity index (χ2v) is 17.7. The maximum atomic E-state index is 14.0.